The average molecular weight is 542 g/mol. The summed E-state index contributed by atoms with van der Waals surface area (Å²) in [6.07, 6.45) is 14.6. The van der Waals surface area contributed by atoms with Crippen LogP contribution in [0.25, 0.3) is 0 Å². The molecule has 0 aliphatic carbocycles. The molecule has 9 nitrogen and oxygen atoms in total. The second-order valence-corrected chi connectivity index (χ2v) is 11.1. The van der Waals surface area contributed by atoms with Crippen molar-refractivity contribution in [3.8, 4) is 0 Å². The number of unbranched alkanes of at least 4 members (excludes halogenated alkanes) is 13. The van der Waals surface area contributed by atoms with Gasteiger partial charge in [-0.2, -0.15) is 8.42 Å². The highest BCUT2D eigenvalue weighted by Crippen LogP contribution is 2.16. The lowest BCUT2D eigenvalue weighted by Gasteiger charge is -2.30. The molecule has 4 atom stereocenters. The fourth-order valence-electron chi connectivity index (χ4n) is 4.08. The van der Waals surface area contributed by atoms with Crippen LogP contribution in [-0.2, 0) is 19.6 Å². The number of nitrogens with zero attached hydrogens (tertiary/aromatic N) is 1. The lowest BCUT2D eigenvalue weighted by Crippen LogP contribution is -2.45. The molecule has 4 unspecified atom stereocenters. The van der Waals surface area contributed by atoms with E-state index in [1.54, 1.807) is 6.92 Å². The van der Waals surface area contributed by atoms with Crippen LogP contribution in [0.3, 0.4) is 0 Å². The van der Waals surface area contributed by atoms with Gasteiger partial charge < -0.3 is 20.1 Å². The molecule has 0 bridgehead atoms. The number of carbonyl (C=O) groups excluding carboxylic acids is 1. The SMILES string of the molecule is CC(O)N(C(C)O)C(C)O.CCCCCCCCCCCCCCCCC(C(=O)OCC)S(=O)(=O)O. The van der Waals surface area contributed by atoms with E-state index in [1.165, 1.54) is 89.9 Å². The van der Waals surface area contributed by atoms with Gasteiger partial charge in [-0.25, -0.2) is 4.90 Å². The number of rotatable bonds is 21. The third-order valence-electron chi connectivity index (χ3n) is 6.02. The summed E-state index contributed by atoms with van der Waals surface area (Å²) < 4.78 is 36.4. The summed E-state index contributed by atoms with van der Waals surface area (Å²) >= 11 is 0. The number of hydrogen-bond acceptors (Lipinski definition) is 8. The van der Waals surface area contributed by atoms with Crippen molar-refractivity contribution in [1.29, 1.82) is 0 Å². The first-order chi connectivity index (χ1) is 16.9. The Morgan fingerprint density at radius 1 is 0.694 bits per heavy atom. The van der Waals surface area contributed by atoms with E-state index < -0.39 is 40.0 Å². The van der Waals surface area contributed by atoms with E-state index in [0.29, 0.717) is 6.42 Å². The first-order valence-electron chi connectivity index (χ1n) is 13.8. The normalized spacial score (nSPS) is 15.1. The molecule has 0 heterocycles. The van der Waals surface area contributed by atoms with Crippen molar-refractivity contribution >= 4 is 16.1 Å². The van der Waals surface area contributed by atoms with Gasteiger partial charge in [-0.15, -0.1) is 0 Å². The van der Waals surface area contributed by atoms with E-state index in [0.717, 1.165) is 19.3 Å². The molecule has 36 heavy (non-hydrogen) atoms. The van der Waals surface area contributed by atoms with Gasteiger partial charge in [0, 0.05) is 0 Å². The second-order valence-electron chi connectivity index (χ2n) is 9.48. The van der Waals surface area contributed by atoms with Gasteiger partial charge in [0.15, 0.2) is 5.25 Å². The monoisotopic (exact) mass is 541 g/mol. The Morgan fingerprint density at radius 2 is 1.03 bits per heavy atom. The lowest BCUT2D eigenvalue weighted by molar-refractivity contribution is -0.159. The van der Waals surface area contributed by atoms with Crippen molar-refractivity contribution < 1.29 is 37.8 Å². The van der Waals surface area contributed by atoms with Crippen molar-refractivity contribution in [2.45, 2.75) is 155 Å². The van der Waals surface area contributed by atoms with Crippen LogP contribution in [0.4, 0.5) is 0 Å². The van der Waals surface area contributed by atoms with Gasteiger partial charge in [-0.3, -0.25) is 9.35 Å². The summed E-state index contributed by atoms with van der Waals surface area (Å²) in [7, 11) is -4.38. The summed E-state index contributed by atoms with van der Waals surface area (Å²) in [4.78, 5) is 12.8. The molecule has 0 rings (SSSR count). The van der Waals surface area contributed by atoms with E-state index in [4.69, 9.17) is 24.6 Å². The van der Waals surface area contributed by atoms with E-state index in [2.05, 4.69) is 6.92 Å². The number of aliphatic hydroxyl groups excluding tert-OH is 3. The molecule has 0 amide bonds. The van der Waals surface area contributed by atoms with E-state index in [-0.39, 0.29) is 13.0 Å². The topological polar surface area (TPSA) is 145 Å². The minimum absolute atomic E-state index is 0.115. The first-order valence-corrected chi connectivity index (χ1v) is 15.3. The summed E-state index contributed by atoms with van der Waals surface area (Å²) in [5.41, 5.74) is 0. The van der Waals surface area contributed by atoms with Crippen LogP contribution < -0.4 is 0 Å². The van der Waals surface area contributed by atoms with E-state index in [1.807, 2.05) is 0 Å². The van der Waals surface area contributed by atoms with Crippen LogP contribution in [-0.4, -0.2) is 69.7 Å². The van der Waals surface area contributed by atoms with Crippen molar-refractivity contribution in [3.63, 3.8) is 0 Å². The van der Waals surface area contributed by atoms with Crippen LogP contribution in [0.1, 0.15) is 131 Å². The van der Waals surface area contributed by atoms with Crippen LogP contribution >= 0.6 is 0 Å². The fraction of sp³-hybridized carbons (Fsp3) is 0.962. The maximum Gasteiger partial charge on any atom is 0.326 e. The largest absolute Gasteiger partial charge is 0.465 e. The molecule has 0 aromatic carbocycles. The van der Waals surface area contributed by atoms with Gasteiger partial charge in [0.25, 0.3) is 10.1 Å². The molecule has 0 aliphatic rings. The van der Waals surface area contributed by atoms with Crippen LogP contribution in [0.2, 0.25) is 0 Å². The van der Waals surface area contributed by atoms with Crippen LogP contribution in [0.15, 0.2) is 0 Å². The van der Waals surface area contributed by atoms with Crippen molar-refractivity contribution in [1.82, 2.24) is 4.90 Å². The summed E-state index contributed by atoms with van der Waals surface area (Å²) in [5.74, 6) is -0.843. The van der Waals surface area contributed by atoms with Crippen molar-refractivity contribution in [3.05, 3.63) is 0 Å². The molecule has 0 aliphatic heterocycles. The van der Waals surface area contributed by atoms with Crippen LogP contribution in [0.5, 0.6) is 0 Å². The minimum atomic E-state index is -4.38. The predicted octanol–water partition coefficient (Wildman–Crippen LogP) is 4.98. The molecule has 0 saturated heterocycles. The molecule has 218 valence electrons. The quantitative estimate of drug-likeness (QED) is 0.0684. The summed E-state index contributed by atoms with van der Waals surface area (Å²) in [5, 5.41) is 25.4. The molecule has 10 heteroatoms. The molecule has 0 aromatic heterocycles. The maximum atomic E-state index is 11.6. The molecule has 0 aromatic rings. The summed E-state index contributed by atoms with van der Waals surface area (Å²) in [6.45, 7) is 8.43. The molecular formula is C26H55NO8S. The predicted molar refractivity (Wildman–Crippen MR) is 144 cm³/mol. The molecule has 0 spiro atoms. The van der Waals surface area contributed by atoms with Crippen molar-refractivity contribution in [2.24, 2.45) is 0 Å². The van der Waals surface area contributed by atoms with Gasteiger partial charge in [-0.1, -0.05) is 96.8 Å². The number of ether oxygens (including phenoxy) is 1. The Balaban J connectivity index is 0. The third-order valence-corrected chi connectivity index (χ3v) is 7.17. The average Bonchev–Trinajstić information content (AvgIpc) is 2.75. The Kier molecular flexibility index (Phi) is 24.2. The molecular weight excluding hydrogens is 486 g/mol. The highest BCUT2D eigenvalue weighted by Gasteiger charge is 2.31. The van der Waals surface area contributed by atoms with Gasteiger partial charge in [0.1, 0.15) is 18.7 Å². The number of hydrogen-bond donors (Lipinski definition) is 4. The maximum absolute atomic E-state index is 11.6. The molecule has 0 fully saturated rings. The number of aliphatic hydroxyl groups is 3. The minimum Gasteiger partial charge on any atom is -0.465 e. The Labute approximate surface area is 220 Å². The van der Waals surface area contributed by atoms with Gasteiger partial charge >= 0.3 is 5.97 Å². The third kappa shape index (κ3) is 21.3. The highest BCUT2D eigenvalue weighted by atomic mass is 32.2. The van der Waals surface area contributed by atoms with Crippen molar-refractivity contribution in [2.75, 3.05) is 6.61 Å². The number of carbonyl (C=O) groups is 1. The fourth-order valence-corrected chi connectivity index (χ4v) is 4.86. The molecule has 4 N–H and O–H groups in total. The Bertz CT molecular complexity index is 592. The Morgan fingerprint density at radius 3 is 1.28 bits per heavy atom. The van der Waals surface area contributed by atoms with Gasteiger partial charge in [0.05, 0.1) is 6.61 Å². The zero-order valence-electron chi connectivity index (χ0n) is 23.4. The van der Waals surface area contributed by atoms with Gasteiger partial charge in [0.2, 0.25) is 0 Å². The van der Waals surface area contributed by atoms with E-state index >= 15 is 0 Å². The summed E-state index contributed by atoms with van der Waals surface area (Å²) in [6, 6.07) is 0. The molecule has 0 saturated carbocycles. The zero-order chi connectivity index (χ0) is 28.0. The lowest BCUT2D eigenvalue weighted by atomic mass is 10.0. The smallest absolute Gasteiger partial charge is 0.326 e. The Hall–Kier alpha value is -0.780. The second kappa shape index (κ2) is 23.3. The zero-order valence-corrected chi connectivity index (χ0v) is 24.2. The standard InChI is InChI=1S/C20H40O5S.C6H15NO3/c1-3-5-6-7-8-9-10-11-12-13-14-15-16-17-18-19(26(22,23)24)20(21)25-4-2;1-4(8)7(5(2)9)6(3)10/h19H,3-18H2,1-2H3,(H,22,23,24);4-6,8-10H,1-3H3. The van der Waals surface area contributed by atoms with Gasteiger partial charge in [-0.05, 0) is 34.1 Å². The molecule has 0 radical (unpaired) electrons. The first kappa shape index (κ1) is 37.4. The highest BCUT2D eigenvalue weighted by molar-refractivity contribution is 7.87. The van der Waals surface area contributed by atoms with Crippen LogP contribution in [0, 0.1) is 0 Å². The number of esters is 1. The van der Waals surface area contributed by atoms with E-state index in [9.17, 15) is 13.2 Å².